The Morgan fingerprint density at radius 1 is 0.758 bits per heavy atom. The molecule has 0 heterocycles. The van der Waals surface area contributed by atoms with Crippen LogP contribution in [-0.2, 0) is 19.0 Å². The second-order valence-electron chi connectivity index (χ2n) is 10.2. The molecule has 33 heavy (non-hydrogen) atoms. The van der Waals surface area contributed by atoms with E-state index in [2.05, 4.69) is 0 Å². The van der Waals surface area contributed by atoms with Crippen molar-refractivity contribution in [3.63, 3.8) is 0 Å². The number of benzene rings is 1. The van der Waals surface area contributed by atoms with Gasteiger partial charge < -0.3 is 14.2 Å². The van der Waals surface area contributed by atoms with Gasteiger partial charge in [0.25, 0.3) is 0 Å². The minimum Gasteiger partial charge on any atom is -0.456 e. The van der Waals surface area contributed by atoms with Gasteiger partial charge in [-0.1, -0.05) is 30.3 Å². The highest BCUT2D eigenvalue weighted by molar-refractivity contribution is 6.16. The molecular weight excluding hydrogens is 435 g/mol. The number of carbonyl (C=O) groups is 4. The van der Waals surface area contributed by atoms with Crippen LogP contribution in [0.25, 0.3) is 0 Å². The molecule has 0 saturated heterocycles. The number of hydrazine groups is 1. The maximum Gasteiger partial charge on any atom is 0.433 e. The third-order valence-electron chi connectivity index (χ3n) is 3.49. The molecule has 0 unspecified atom stereocenters. The zero-order chi connectivity index (χ0) is 25.8. The largest absolute Gasteiger partial charge is 0.456 e. The fourth-order valence-corrected chi connectivity index (χ4v) is 2.36. The molecule has 2 amide bonds. The summed E-state index contributed by atoms with van der Waals surface area (Å²) >= 11 is 0. The van der Waals surface area contributed by atoms with Gasteiger partial charge in [0.2, 0.25) is 5.78 Å². The van der Waals surface area contributed by atoms with Crippen molar-refractivity contribution in [3.8, 4) is 0 Å². The van der Waals surface area contributed by atoms with Crippen molar-refractivity contribution in [2.45, 2.75) is 84.9 Å². The lowest BCUT2D eigenvalue weighted by molar-refractivity contribution is -0.179. The fourth-order valence-electron chi connectivity index (χ4n) is 2.36. The van der Waals surface area contributed by atoms with Gasteiger partial charge in [0.1, 0.15) is 16.8 Å². The smallest absolute Gasteiger partial charge is 0.433 e. The van der Waals surface area contributed by atoms with Crippen molar-refractivity contribution in [1.29, 1.82) is 0 Å². The Hall–Kier alpha value is -3.17. The summed E-state index contributed by atoms with van der Waals surface area (Å²) in [6.45, 7) is 13.4. The van der Waals surface area contributed by atoms with Gasteiger partial charge >= 0.3 is 23.9 Å². The van der Waals surface area contributed by atoms with Crippen LogP contribution < -0.4 is 5.43 Å². The molecule has 1 rings (SSSR count). The Bertz CT molecular complexity index is 883. The van der Waals surface area contributed by atoms with Gasteiger partial charge in [-0.3, -0.25) is 4.79 Å². The van der Waals surface area contributed by atoms with Gasteiger partial charge in [-0.2, -0.15) is 9.40 Å². The number of carbonyl (C=O) groups excluding carboxylic acids is 4. The van der Waals surface area contributed by atoms with E-state index in [-0.39, 0.29) is 10.6 Å². The van der Waals surface area contributed by atoms with Crippen LogP contribution in [-0.4, -0.2) is 51.5 Å². The van der Waals surface area contributed by atoms with Crippen molar-refractivity contribution in [2.24, 2.45) is 0 Å². The Balaban J connectivity index is 3.64. The number of alkyl halides is 1. The van der Waals surface area contributed by atoms with Gasteiger partial charge in [-0.15, -0.1) is 0 Å². The molecular formula is C23H33FN2O7. The molecule has 0 aliphatic rings. The first kappa shape index (κ1) is 27.9. The molecule has 1 N–H and O–H groups in total. The maximum absolute atomic E-state index is 16.6. The lowest BCUT2D eigenvalue weighted by atomic mass is 10.0. The Labute approximate surface area is 193 Å². The second-order valence-corrected chi connectivity index (χ2v) is 10.2. The second kappa shape index (κ2) is 9.76. The Kier molecular flexibility index (Phi) is 8.24. The van der Waals surface area contributed by atoms with Crippen molar-refractivity contribution in [2.75, 3.05) is 0 Å². The standard InChI is InChI=1S/C23H33FN2O7/c1-20(2,3)31-17(28)23(24,16(27)15-13-11-10-12-14-15)26(19(30)33-22(7,8)9)25-18(29)32-21(4,5)6/h10-14H,1-9H3,(H,25,29)/t23-/m0/s1. The molecule has 0 aliphatic carbocycles. The number of hydrogen-bond donors (Lipinski definition) is 1. The Morgan fingerprint density at radius 3 is 1.64 bits per heavy atom. The van der Waals surface area contributed by atoms with E-state index < -0.39 is 46.5 Å². The summed E-state index contributed by atoms with van der Waals surface area (Å²) in [5, 5.41) is -0.129. The van der Waals surface area contributed by atoms with E-state index in [0.29, 0.717) is 0 Å². The first-order valence-electron chi connectivity index (χ1n) is 10.3. The number of nitrogens with one attached hydrogen (secondary N) is 1. The summed E-state index contributed by atoms with van der Waals surface area (Å²) < 4.78 is 32.0. The highest BCUT2D eigenvalue weighted by Gasteiger charge is 2.59. The summed E-state index contributed by atoms with van der Waals surface area (Å²) in [7, 11) is 0. The number of rotatable bonds is 4. The minimum atomic E-state index is -3.81. The molecule has 0 bridgehead atoms. The minimum absolute atomic E-state index is 0.129. The van der Waals surface area contributed by atoms with Gasteiger partial charge in [0.05, 0.1) is 0 Å². The van der Waals surface area contributed by atoms with Crippen LogP contribution >= 0.6 is 0 Å². The van der Waals surface area contributed by atoms with Gasteiger partial charge in [-0.25, -0.2) is 19.8 Å². The van der Waals surface area contributed by atoms with Crippen LogP contribution in [0.1, 0.15) is 72.7 Å². The monoisotopic (exact) mass is 468 g/mol. The van der Waals surface area contributed by atoms with Crippen LogP contribution in [0, 0.1) is 0 Å². The number of ether oxygens (including phenoxy) is 3. The topological polar surface area (TPSA) is 111 Å². The summed E-state index contributed by atoms with van der Waals surface area (Å²) in [6.07, 6.45) is -2.80. The third-order valence-corrected chi connectivity index (χ3v) is 3.49. The number of halogens is 1. The number of amides is 2. The zero-order valence-electron chi connectivity index (χ0n) is 20.6. The average Bonchev–Trinajstić information content (AvgIpc) is 2.61. The summed E-state index contributed by atoms with van der Waals surface area (Å²) in [5.41, 5.74) is -1.80. The lowest BCUT2D eigenvalue weighted by Gasteiger charge is -2.36. The normalized spacial score (nSPS) is 13.9. The number of nitrogens with zero attached hydrogens (tertiary/aromatic N) is 1. The zero-order valence-corrected chi connectivity index (χ0v) is 20.6. The maximum atomic E-state index is 16.6. The quantitative estimate of drug-likeness (QED) is 0.172. The molecule has 1 aromatic carbocycles. The van der Waals surface area contributed by atoms with Gasteiger partial charge in [0.15, 0.2) is 0 Å². The highest BCUT2D eigenvalue weighted by atomic mass is 19.1. The van der Waals surface area contributed by atoms with Gasteiger partial charge in [0, 0.05) is 5.56 Å². The molecule has 10 heteroatoms. The van der Waals surface area contributed by atoms with E-state index in [1.807, 2.05) is 5.43 Å². The predicted molar refractivity (Wildman–Crippen MR) is 118 cm³/mol. The van der Waals surface area contributed by atoms with E-state index in [4.69, 9.17) is 14.2 Å². The molecule has 1 aromatic rings. The number of ketones is 1. The van der Waals surface area contributed by atoms with E-state index in [0.717, 1.165) is 0 Å². The molecule has 9 nitrogen and oxygen atoms in total. The van der Waals surface area contributed by atoms with Crippen LogP contribution in [0.3, 0.4) is 0 Å². The van der Waals surface area contributed by atoms with Crippen molar-refractivity contribution < 1.29 is 37.8 Å². The summed E-state index contributed by atoms with van der Waals surface area (Å²) in [6, 6.07) is 6.97. The molecule has 0 spiro atoms. The van der Waals surface area contributed by atoms with Crippen LogP contribution in [0.15, 0.2) is 30.3 Å². The van der Waals surface area contributed by atoms with E-state index in [1.165, 1.54) is 86.6 Å². The summed E-state index contributed by atoms with van der Waals surface area (Å²) in [4.78, 5) is 51.7. The van der Waals surface area contributed by atoms with Gasteiger partial charge in [-0.05, 0) is 62.3 Å². The first-order chi connectivity index (χ1) is 14.8. The Morgan fingerprint density at radius 2 is 1.21 bits per heavy atom. The molecule has 0 aliphatic heterocycles. The highest BCUT2D eigenvalue weighted by Crippen LogP contribution is 2.28. The molecule has 1 atom stereocenters. The lowest BCUT2D eigenvalue weighted by Crippen LogP contribution is -2.67. The van der Waals surface area contributed by atoms with E-state index in [9.17, 15) is 19.2 Å². The molecule has 0 radical (unpaired) electrons. The first-order valence-corrected chi connectivity index (χ1v) is 10.3. The molecule has 0 aromatic heterocycles. The van der Waals surface area contributed by atoms with Crippen molar-refractivity contribution >= 4 is 23.9 Å². The summed E-state index contributed by atoms with van der Waals surface area (Å²) in [5.74, 6) is -6.97. The number of hydrogen-bond acceptors (Lipinski definition) is 7. The van der Waals surface area contributed by atoms with Crippen molar-refractivity contribution in [3.05, 3.63) is 35.9 Å². The fraction of sp³-hybridized carbons (Fsp3) is 0.565. The van der Waals surface area contributed by atoms with E-state index in [1.54, 1.807) is 6.07 Å². The average molecular weight is 469 g/mol. The predicted octanol–water partition coefficient (Wildman–Crippen LogP) is 4.55. The van der Waals surface area contributed by atoms with Crippen LogP contribution in [0.4, 0.5) is 14.0 Å². The van der Waals surface area contributed by atoms with Crippen LogP contribution in [0.2, 0.25) is 0 Å². The molecule has 0 saturated carbocycles. The molecule has 184 valence electrons. The van der Waals surface area contributed by atoms with Crippen molar-refractivity contribution in [1.82, 2.24) is 10.4 Å². The number of Topliss-reactive ketones (excluding diaryl/α,β-unsaturated/α-hetero) is 1. The third kappa shape index (κ3) is 8.36. The number of esters is 1. The molecule has 0 fully saturated rings. The SMILES string of the molecule is CC(C)(C)OC(=O)NN(C(=O)OC(C)(C)C)[C@](F)(C(=O)OC(C)(C)C)C(=O)c1ccccc1. The van der Waals surface area contributed by atoms with Crippen LogP contribution in [0.5, 0.6) is 0 Å². The van der Waals surface area contributed by atoms with E-state index >= 15 is 4.39 Å².